The van der Waals surface area contributed by atoms with Gasteiger partial charge in [0.15, 0.2) is 5.65 Å². The summed E-state index contributed by atoms with van der Waals surface area (Å²) in [6.07, 6.45) is 6.92. The van der Waals surface area contributed by atoms with Gasteiger partial charge in [-0.15, -0.1) is 0 Å². The first-order valence-corrected chi connectivity index (χ1v) is 6.80. The first kappa shape index (κ1) is 12.9. The van der Waals surface area contributed by atoms with E-state index < -0.39 is 0 Å². The Morgan fingerprint density at radius 1 is 1.35 bits per heavy atom. The van der Waals surface area contributed by atoms with E-state index in [1.807, 2.05) is 6.07 Å². The van der Waals surface area contributed by atoms with Crippen molar-refractivity contribution in [1.29, 1.82) is 0 Å². The second kappa shape index (κ2) is 5.48. The third-order valence-corrected chi connectivity index (χ3v) is 3.82. The van der Waals surface area contributed by atoms with Crippen LogP contribution < -0.4 is 4.74 Å². The largest absolute Gasteiger partial charge is 0.490 e. The van der Waals surface area contributed by atoms with E-state index in [1.54, 1.807) is 12.4 Å². The Morgan fingerprint density at radius 3 is 2.90 bits per heavy atom. The van der Waals surface area contributed by atoms with Gasteiger partial charge in [-0.2, -0.15) is 5.10 Å². The van der Waals surface area contributed by atoms with Gasteiger partial charge in [-0.1, -0.05) is 0 Å². The van der Waals surface area contributed by atoms with Crippen LogP contribution in [0.15, 0.2) is 18.5 Å². The number of methoxy groups -OCH3 is 1. The normalized spacial score (nSPS) is 22.6. The number of aromatic amines is 1. The van der Waals surface area contributed by atoms with E-state index in [2.05, 4.69) is 15.2 Å². The highest BCUT2D eigenvalue weighted by Crippen LogP contribution is 2.30. The molecule has 1 aliphatic carbocycles. The van der Waals surface area contributed by atoms with Crippen molar-refractivity contribution < 1.29 is 14.3 Å². The second-order valence-corrected chi connectivity index (χ2v) is 5.06. The summed E-state index contributed by atoms with van der Waals surface area (Å²) in [6.45, 7) is 0. The highest BCUT2D eigenvalue weighted by Gasteiger charge is 2.28. The maximum Gasteiger partial charge on any atom is 0.308 e. The minimum Gasteiger partial charge on any atom is -0.490 e. The maximum atomic E-state index is 11.5. The Balaban J connectivity index is 1.65. The van der Waals surface area contributed by atoms with Crippen molar-refractivity contribution in [3.63, 3.8) is 0 Å². The fourth-order valence-corrected chi connectivity index (χ4v) is 2.69. The van der Waals surface area contributed by atoms with Gasteiger partial charge in [0.05, 0.1) is 30.7 Å². The molecule has 106 valence electrons. The van der Waals surface area contributed by atoms with Crippen molar-refractivity contribution in [2.45, 2.75) is 31.8 Å². The molecular formula is C14H17N3O3. The van der Waals surface area contributed by atoms with Gasteiger partial charge in [-0.05, 0) is 31.7 Å². The lowest BCUT2D eigenvalue weighted by Crippen LogP contribution is -2.28. The monoisotopic (exact) mass is 275 g/mol. The Hall–Kier alpha value is -2.11. The van der Waals surface area contributed by atoms with Crippen LogP contribution in [0.5, 0.6) is 5.75 Å². The third-order valence-electron chi connectivity index (χ3n) is 3.82. The van der Waals surface area contributed by atoms with Crippen LogP contribution in [0.4, 0.5) is 0 Å². The minimum absolute atomic E-state index is 0.0197. The molecule has 0 aliphatic heterocycles. The SMILES string of the molecule is COC(=O)[C@H]1CC[C@H](Oc2ccnc3[nH]ncc23)CC1. The highest BCUT2D eigenvalue weighted by atomic mass is 16.5. The first-order chi connectivity index (χ1) is 9.78. The number of esters is 1. The van der Waals surface area contributed by atoms with E-state index in [0.29, 0.717) is 0 Å². The fraction of sp³-hybridized carbons (Fsp3) is 0.500. The Morgan fingerprint density at radius 2 is 2.15 bits per heavy atom. The van der Waals surface area contributed by atoms with Crippen LogP contribution in [0.25, 0.3) is 11.0 Å². The number of ether oxygens (including phenoxy) is 2. The molecule has 2 heterocycles. The lowest BCUT2D eigenvalue weighted by molar-refractivity contribution is -0.147. The molecule has 1 aliphatic rings. The van der Waals surface area contributed by atoms with E-state index in [4.69, 9.17) is 9.47 Å². The summed E-state index contributed by atoms with van der Waals surface area (Å²) in [5, 5.41) is 7.69. The number of aromatic nitrogens is 3. The Bertz CT molecular complexity index is 602. The van der Waals surface area contributed by atoms with Gasteiger partial charge in [-0.25, -0.2) is 4.98 Å². The first-order valence-electron chi connectivity index (χ1n) is 6.80. The van der Waals surface area contributed by atoms with Gasteiger partial charge in [0.2, 0.25) is 0 Å². The molecule has 6 heteroatoms. The molecule has 2 aromatic heterocycles. The minimum atomic E-state index is -0.107. The van der Waals surface area contributed by atoms with E-state index in [1.165, 1.54) is 7.11 Å². The average Bonchev–Trinajstić information content (AvgIpc) is 2.97. The number of hydrogen-bond acceptors (Lipinski definition) is 5. The molecule has 0 saturated heterocycles. The lowest BCUT2D eigenvalue weighted by atomic mass is 9.87. The van der Waals surface area contributed by atoms with Crippen molar-refractivity contribution in [2.24, 2.45) is 5.92 Å². The van der Waals surface area contributed by atoms with Crippen LogP contribution in [-0.2, 0) is 9.53 Å². The van der Waals surface area contributed by atoms with Crippen molar-refractivity contribution >= 4 is 17.0 Å². The average molecular weight is 275 g/mol. The molecule has 1 saturated carbocycles. The number of hydrogen-bond donors (Lipinski definition) is 1. The lowest BCUT2D eigenvalue weighted by Gasteiger charge is -2.27. The van der Waals surface area contributed by atoms with Crippen LogP contribution in [0, 0.1) is 5.92 Å². The second-order valence-electron chi connectivity index (χ2n) is 5.06. The summed E-state index contributed by atoms with van der Waals surface area (Å²) in [7, 11) is 1.44. The van der Waals surface area contributed by atoms with Crippen LogP contribution in [-0.4, -0.2) is 34.4 Å². The van der Waals surface area contributed by atoms with Crippen LogP contribution >= 0.6 is 0 Å². The summed E-state index contributed by atoms with van der Waals surface area (Å²) in [5.41, 5.74) is 0.728. The van der Waals surface area contributed by atoms with Gasteiger partial charge >= 0.3 is 5.97 Å². The van der Waals surface area contributed by atoms with Crippen LogP contribution in [0.3, 0.4) is 0 Å². The summed E-state index contributed by atoms with van der Waals surface area (Å²) in [4.78, 5) is 15.7. The molecule has 0 bridgehead atoms. The zero-order valence-electron chi connectivity index (χ0n) is 11.3. The van der Waals surface area contributed by atoms with Crippen molar-refractivity contribution in [3.05, 3.63) is 18.5 Å². The molecule has 0 radical (unpaired) electrons. The zero-order valence-corrected chi connectivity index (χ0v) is 11.3. The molecule has 0 spiro atoms. The summed E-state index contributed by atoms with van der Waals surface area (Å²) in [6, 6.07) is 1.85. The van der Waals surface area contributed by atoms with E-state index in [0.717, 1.165) is 42.5 Å². The Labute approximate surface area is 116 Å². The van der Waals surface area contributed by atoms with Gasteiger partial charge < -0.3 is 9.47 Å². The number of nitrogens with one attached hydrogen (secondary N) is 1. The number of pyridine rings is 1. The molecule has 1 fully saturated rings. The molecule has 6 nitrogen and oxygen atoms in total. The molecule has 3 rings (SSSR count). The number of fused-ring (bicyclic) bond motifs is 1. The topological polar surface area (TPSA) is 77.1 Å². The number of carbonyl (C=O) groups is 1. The molecule has 0 unspecified atom stereocenters. The smallest absolute Gasteiger partial charge is 0.308 e. The summed E-state index contributed by atoms with van der Waals surface area (Å²) < 4.78 is 10.8. The predicted molar refractivity (Wildman–Crippen MR) is 72.3 cm³/mol. The van der Waals surface area contributed by atoms with Crippen LogP contribution in [0.2, 0.25) is 0 Å². The van der Waals surface area contributed by atoms with Gasteiger partial charge in [0.25, 0.3) is 0 Å². The molecular weight excluding hydrogens is 258 g/mol. The fourth-order valence-electron chi connectivity index (χ4n) is 2.69. The van der Waals surface area contributed by atoms with Crippen molar-refractivity contribution in [2.75, 3.05) is 7.11 Å². The van der Waals surface area contributed by atoms with Gasteiger partial charge in [0.1, 0.15) is 5.75 Å². The molecule has 2 aromatic rings. The van der Waals surface area contributed by atoms with E-state index in [-0.39, 0.29) is 18.0 Å². The van der Waals surface area contributed by atoms with Gasteiger partial charge in [0, 0.05) is 6.20 Å². The molecule has 20 heavy (non-hydrogen) atoms. The maximum absolute atomic E-state index is 11.5. The Kier molecular flexibility index (Phi) is 3.54. The summed E-state index contributed by atoms with van der Waals surface area (Å²) in [5.74, 6) is 0.709. The number of H-pyrrole nitrogens is 1. The van der Waals surface area contributed by atoms with Crippen molar-refractivity contribution in [3.8, 4) is 5.75 Å². The number of rotatable bonds is 3. The van der Waals surface area contributed by atoms with Crippen molar-refractivity contribution in [1.82, 2.24) is 15.2 Å². The van der Waals surface area contributed by atoms with E-state index >= 15 is 0 Å². The highest BCUT2D eigenvalue weighted by molar-refractivity contribution is 5.80. The number of carbonyl (C=O) groups excluding carboxylic acids is 1. The van der Waals surface area contributed by atoms with Crippen LogP contribution in [0.1, 0.15) is 25.7 Å². The molecule has 0 aromatic carbocycles. The molecule has 0 amide bonds. The predicted octanol–water partition coefficient (Wildman–Crippen LogP) is 2.07. The third kappa shape index (κ3) is 2.45. The quantitative estimate of drug-likeness (QED) is 0.868. The summed E-state index contributed by atoms with van der Waals surface area (Å²) >= 11 is 0. The standard InChI is InChI=1S/C14H17N3O3/c1-19-14(18)9-2-4-10(5-3-9)20-12-6-7-15-13-11(12)8-16-17-13/h6-10H,2-5H2,1H3,(H,15,16,17)/t9-,10-. The zero-order chi connectivity index (χ0) is 13.9. The van der Waals surface area contributed by atoms with Gasteiger partial charge in [-0.3, -0.25) is 9.89 Å². The van der Waals surface area contributed by atoms with E-state index in [9.17, 15) is 4.79 Å². The number of nitrogens with zero attached hydrogens (tertiary/aromatic N) is 2. The molecule has 1 N–H and O–H groups in total. The molecule has 0 atom stereocenters.